The van der Waals surface area contributed by atoms with Gasteiger partial charge in [-0.1, -0.05) is 35.0 Å². The minimum absolute atomic E-state index is 0.350. The Hall–Kier alpha value is -3.54. The number of aromatic nitrogens is 4. The van der Waals surface area contributed by atoms with Crippen LogP contribution in [0.5, 0.6) is 0 Å². The molecule has 0 amide bonds. The van der Waals surface area contributed by atoms with E-state index in [1.54, 1.807) is 35.3 Å². The maximum Gasteiger partial charge on any atom is 0.321 e. The van der Waals surface area contributed by atoms with Crippen LogP contribution in [0.25, 0.3) is 11.0 Å². The minimum Gasteiger partial charge on any atom is -0.710 e. The van der Waals surface area contributed by atoms with Gasteiger partial charge in [0, 0.05) is 17.6 Å². The van der Waals surface area contributed by atoms with Crippen molar-refractivity contribution in [2.45, 2.75) is 0 Å². The summed E-state index contributed by atoms with van der Waals surface area (Å²) in [5.41, 5.74) is 2.65. The number of pyridine rings is 1. The lowest BCUT2D eigenvalue weighted by molar-refractivity contribution is -0.363. The van der Waals surface area contributed by atoms with Crippen molar-refractivity contribution in [1.82, 2.24) is 20.0 Å². The molecule has 2 aromatic heterocycles. The average molecular weight is 315 g/mol. The molecule has 6 heteroatoms. The van der Waals surface area contributed by atoms with E-state index >= 15 is 0 Å². The van der Waals surface area contributed by atoms with Crippen LogP contribution in [0.15, 0.2) is 79.1 Å². The van der Waals surface area contributed by atoms with Gasteiger partial charge in [-0.05, 0) is 36.4 Å². The van der Waals surface area contributed by atoms with Crippen LogP contribution in [-0.4, -0.2) is 30.6 Å². The summed E-state index contributed by atoms with van der Waals surface area (Å²) >= 11 is 0. The summed E-state index contributed by atoms with van der Waals surface area (Å²) in [6, 6.07) is 20.1. The summed E-state index contributed by atoms with van der Waals surface area (Å²) in [5.74, 6) is 0.350. The van der Waals surface area contributed by atoms with Crippen LogP contribution in [-0.2, 0) is 0 Å². The summed E-state index contributed by atoms with van der Waals surface area (Å²) in [6.45, 7) is 0. The third-order valence-corrected chi connectivity index (χ3v) is 3.66. The molecule has 0 aliphatic rings. The van der Waals surface area contributed by atoms with Crippen LogP contribution in [0.1, 0.15) is 5.56 Å². The standard InChI is InChI=1S/C18H13N5O/c24-23(15-8-2-1-3-9-15)18(14-7-6-12-19-13-14)22-17-11-5-4-10-16(17)20-21-22/h1-13H/b23-18+. The molecule has 116 valence electrons. The molecule has 2 heterocycles. The molecule has 0 atom stereocenters. The minimum atomic E-state index is 0.350. The zero-order valence-corrected chi connectivity index (χ0v) is 12.6. The highest BCUT2D eigenvalue weighted by Crippen LogP contribution is 2.16. The van der Waals surface area contributed by atoms with Crippen molar-refractivity contribution in [1.29, 1.82) is 0 Å². The average Bonchev–Trinajstić information content (AvgIpc) is 3.07. The molecule has 0 N–H and O–H groups in total. The predicted molar refractivity (Wildman–Crippen MR) is 91.0 cm³/mol. The first-order chi connectivity index (χ1) is 11.8. The molecular formula is C18H13N5O. The first-order valence-corrected chi connectivity index (χ1v) is 7.45. The highest BCUT2D eigenvalue weighted by Gasteiger charge is 2.22. The molecule has 0 unspecified atom stereocenters. The lowest BCUT2D eigenvalue weighted by Crippen LogP contribution is -2.24. The fraction of sp³-hybridized carbons (Fsp3) is 0. The lowest BCUT2D eigenvalue weighted by Gasteiger charge is -2.13. The van der Waals surface area contributed by atoms with Gasteiger partial charge in [0.25, 0.3) is 0 Å². The second-order valence-corrected chi connectivity index (χ2v) is 5.19. The van der Waals surface area contributed by atoms with E-state index in [4.69, 9.17) is 0 Å². The predicted octanol–water partition coefficient (Wildman–Crippen LogP) is 2.96. The van der Waals surface area contributed by atoms with Gasteiger partial charge >= 0.3 is 5.84 Å². The molecule has 4 aromatic rings. The van der Waals surface area contributed by atoms with E-state index in [2.05, 4.69) is 15.3 Å². The number of hydrogen-bond acceptors (Lipinski definition) is 4. The smallest absolute Gasteiger partial charge is 0.321 e. The van der Waals surface area contributed by atoms with Crippen LogP contribution in [0.4, 0.5) is 5.69 Å². The fourth-order valence-corrected chi connectivity index (χ4v) is 2.53. The van der Waals surface area contributed by atoms with Crippen molar-refractivity contribution in [2.75, 3.05) is 0 Å². The molecule has 2 aromatic carbocycles. The lowest BCUT2D eigenvalue weighted by atomic mass is 10.2. The Bertz CT molecular complexity index is 1010. The fourth-order valence-electron chi connectivity index (χ4n) is 2.53. The van der Waals surface area contributed by atoms with Gasteiger partial charge < -0.3 is 5.21 Å². The van der Waals surface area contributed by atoms with Crippen LogP contribution >= 0.6 is 0 Å². The Morgan fingerprint density at radius 3 is 2.50 bits per heavy atom. The molecule has 0 bridgehead atoms. The van der Waals surface area contributed by atoms with Gasteiger partial charge in [0.05, 0.1) is 5.56 Å². The van der Waals surface area contributed by atoms with Crippen molar-refractivity contribution in [3.8, 4) is 0 Å². The second kappa shape index (κ2) is 5.92. The number of rotatable bonds is 2. The first kappa shape index (κ1) is 14.1. The topological polar surface area (TPSA) is 69.7 Å². The molecule has 0 fully saturated rings. The van der Waals surface area contributed by atoms with E-state index in [1.165, 1.54) is 0 Å². The highest BCUT2D eigenvalue weighted by atomic mass is 16.5. The van der Waals surface area contributed by atoms with Crippen molar-refractivity contribution < 1.29 is 4.74 Å². The van der Waals surface area contributed by atoms with Gasteiger partial charge in [0.15, 0.2) is 5.52 Å². The molecule has 24 heavy (non-hydrogen) atoms. The van der Waals surface area contributed by atoms with Gasteiger partial charge in [-0.15, -0.1) is 5.10 Å². The van der Waals surface area contributed by atoms with Crippen LogP contribution < -0.4 is 0 Å². The van der Waals surface area contributed by atoms with Gasteiger partial charge in [-0.2, -0.15) is 0 Å². The SMILES string of the molecule is [O-]/[N+](=C(\c1cccnc1)n1nnc2ccccc21)c1ccccc1. The van der Waals surface area contributed by atoms with Gasteiger partial charge in [0.1, 0.15) is 11.2 Å². The van der Waals surface area contributed by atoms with E-state index in [1.807, 2.05) is 48.5 Å². The van der Waals surface area contributed by atoms with Crippen molar-refractivity contribution in [3.63, 3.8) is 0 Å². The van der Waals surface area contributed by atoms with Gasteiger partial charge in [-0.25, -0.2) is 4.74 Å². The number of nitrogens with zero attached hydrogens (tertiary/aromatic N) is 5. The number of para-hydroxylation sites is 2. The summed E-state index contributed by atoms with van der Waals surface area (Å²) in [4.78, 5) is 4.12. The largest absolute Gasteiger partial charge is 0.710 e. The molecular weight excluding hydrogens is 302 g/mol. The van der Waals surface area contributed by atoms with E-state index in [0.29, 0.717) is 17.1 Å². The number of fused-ring (bicyclic) bond motifs is 1. The Balaban J connectivity index is 2.02. The van der Waals surface area contributed by atoms with E-state index in [9.17, 15) is 5.21 Å². The van der Waals surface area contributed by atoms with Crippen LogP contribution in [0, 0.1) is 5.21 Å². The number of hydrogen-bond donors (Lipinski definition) is 0. The molecule has 0 aliphatic carbocycles. The number of benzene rings is 2. The van der Waals surface area contributed by atoms with E-state index in [-0.39, 0.29) is 0 Å². The third-order valence-electron chi connectivity index (χ3n) is 3.66. The zero-order chi connectivity index (χ0) is 16.4. The Morgan fingerprint density at radius 1 is 0.917 bits per heavy atom. The second-order valence-electron chi connectivity index (χ2n) is 5.19. The van der Waals surface area contributed by atoms with Crippen LogP contribution in [0.2, 0.25) is 0 Å². The third kappa shape index (κ3) is 2.40. The van der Waals surface area contributed by atoms with Crippen molar-refractivity contribution in [2.24, 2.45) is 0 Å². The Morgan fingerprint density at radius 2 is 1.71 bits per heavy atom. The first-order valence-electron chi connectivity index (χ1n) is 7.45. The molecule has 0 saturated heterocycles. The molecule has 0 aliphatic heterocycles. The maximum absolute atomic E-state index is 13.1. The zero-order valence-electron chi connectivity index (χ0n) is 12.6. The normalized spacial score (nSPS) is 12.2. The van der Waals surface area contributed by atoms with Crippen molar-refractivity contribution in [3.05, 3.63) is 89.9 Å². The van der Waals surface area contributed by atoms with E-state index in [0.717, 1.165) is 15.8 Å². The molecule has 6 nitrogen and oxygen atoms in total. The Kier molecular flexibility index (Phi) is 3.47. The highest BCUT2D eigenvalue weighted by molar-refractivity contribution is 6.01. The van der Waals surface area contributed by atoms with E-state index < -0.39 is 0 Å². The maximum atomic E-state index is 13.1. The molecule has 0 spiro atoms. The van der Waals surface area contributed by atoms with Crippen LogP contribution in [0.3, 0.4) is 0 Å². The van der Waals surface area contributed by atoms with Crippen molar-refractivity contribution >= 4 is 22.6 Å². The molecule has 4 rings (SSSR count). The molecule has 0 radical (unpaired) electrons. The van der Waals surface area contributed by atoms with Gasteiger partial charge in [0.2, 0.25) is 0 Å². The summed E-state index contributed by atoms with van der Waals surface area (Å²) < 4.78 is 2.39. The monoisotopic (exact) mass is 315 g/mol. The summed E-state index contributed by atoms with van der Waals surface area (Å²) in [7, 11) is 0. The summed E-state index contributed by atoms with van der Waals surface area (Å²) in [5, 5.41) is 21.4. The Labute approximate surface area is 137 Å². The summed E-state index contributed by atoms with van der Waals surface area (Å²) in [6.07, 6.45) is 3.30. The molecule has 0 saturated carbocycles. The van der Waals surface area contributed by atoms with Gasteiger partial charge in [-0.3, -0.25) is 4.98 Å². The quantitative estimate of drug-likeness (QED) is 0.187.